The maximum Gasteiger partial charge on any atom is 0.233 e. The van der Waals surface area contributed by atoms with Gasteiger partial charge in [-0.25, -0.2) is 4.39 Å². The third-order valence-electron chi connectivity index (χ3n) is 2.81. The number of hydrogen-bond donors (Lipinski definition) is 2. The van der Waals surface area contributed by atoms with Crippen LogP contribution in [0, 0.1) is 5.82 Å². The number of nitrogen functional groups attached to an aromatic ring is 1. The molecule has 0 saturated heterocycles. The summed E-state index contributed by atoms with van der Waals surface area (Å²) in [5.74, 6) is -1.21. The van der Waals surface area contributed by atoms with Crippen molar-refractivity contribution in [3.8, 4) is 0 Å². The number of rotatable bonds is 6. The molecular formula is C13H19FN2O2S. The first-order valence-electron chi connectivity index (χ1n) is 6.20. The smallest absolute Gasteiger partial charge is 0.233 e. The lowest BCUT2D eigenvalue weighted by Crippen LogP contribution is -2.36. The molecule has 0 aliphatic carbocycles. The van der Waals surface area contributed by atoms with Gasteiger partial charge in [-0.3, -0.25) is 9.00 Å². The molecule has 106 valence electrons. The largest absolute Gasteiger partial charge is 0.399 e. The molecule has 6 heteroatoms. The van der Waals surface area contributed by atoms with Crippen LogP contribution in [0.5, 0.6) is 0 Å². The molecule has 0 spiro atoms. The van der Waals surface area contributed by atoms with Gasteiger partial charge in [0, 0.05) is 11.7 Å². The zero-order valence-corrected chi connectivity index (χ0v) is 11.9. The Morgan fingerprint density at radius 1 is 1.42 bits per heavy atom. The number of anilines is 1. The van der Waals surface area contributed by atoms with Gasteiger partial charge < -0.3 is 11.1 Å². The standard InChI is InChI=1S/C13H19FN2O2S/c1-3-10(4-2)16-13(17)8-19(18)12-6-5-9(15)7-11(12)14/h5-7,10H,3-4,8,15H2,1-2H3,(H,16,17). The van der Waals surface area contributed by atoms with Crippen molar-refractivity contribution in [2.45, 2.75) is 37.6 Å². The van der Waals surface area contributed by atoms with E-state index in [1.54, 1.807) is 0 Å². The average molecular weight is 286 g/mol. The van der Waals surface area contributed by atoms with E-state index in [1.165, 1.54) is 12.1 Å². The molecule has 19 heavy (non-hydrogen) atoms. The number of halogens is 1. The van der Waals surface area contributed by atoms with Gasteiger partial charge in [-0.2, -0.15) is 0 Å². The van der Waals surface area contributed by atoms with Crippen LogP contribution in [0.1, 0.15) is 26.7 Å². The van der Waals surface area contributed by atoms with Crippen molar-refractivity contribution in [1.29, 1.82) is 0 Å². The van der Waals surface area contributed by atoms with Crippen LogP contribution in [-0.4, -0.2) is 21.9 Å². The van der Waals surface area contributed by atoms with Crippen LogP contribution in [0.4, 0.5) is 10.1 Å². The summed E-state index contributed by atoms with van der Waals surface area (Å²) in [5, 5.41) is 2.77. The van der Waals surface area contributed by atoms with E-state index < -0.39 is 16.6 Å². The highest BCUT2D eigenvalue weighted by Gasteiger charge is 2.16. The van der Waals surface area contributed by atoms with Crippen molar-refractivity contribution >= 4 is 22.4 Å². The lowest BCUT2D eigenvalue weighted by Gasteiger charge is -2.14. The lowest BCUT2D eigenvalue weighted by atomic mass is 10.2. The van der Waals surface area contributed by atoms with Crippen molar-refractivity contribution < 1.29 is 13.4 Å². The number of benzene rings is 1. The highest BCUT2D eigenvalue weighted by atomic mass is 32.2. The quantitative estimate of drug-likeness (QED) is 0.784. The number of carbonyl (C=O) groups excluding carboxylic acids is 1. The molecule has 0 aliphatic heterocycles. The Bertz CT molecular complexity index is 476. The highest BCUT2D eigenvalue weighted by Crippen LogP contribution is 2.15. The van der Waals surface area contributed by atoms with Gasteiger partial charge in [-0.15, -0.1) is 0 Å². The molecule has 1 atom stereocenters. The van der Waals surface area contributed by atoms with Gasteiger partial charge in [0.05, 0.1) is 15.7 Å². The third kappa shape index (κ3) is 4.63. The van der Waals surface area contributed by atoms with E-state index in [0.717, 1.165) is 18.9 Å². The van der Waals surface area contributed by atoms with Gasteiger partial charge in [0.15, 0.2) is 0 Å². The molecule has 3 N–H and O–H groups in total. The minimum atomic E-state index is -1.70. The normalized spacial score (nSPS) is 12.4. The number of amides is 1. The van der Waals surface area contributed by atoms with E-state index >= 15 is 0 Å². The van der Waals surface area contributed by atoms with Crippen LogP contribution >= 0.6 is 0 Å². The molecule has 1 aromatic rings. The van der Waals surface area contributed by atoms with E-state index in [0.29, 0.717) is 0 Å². The average Bonchev–Trinajstić information content (AvgIpc) is 2.35. The van der Waals surface area contributed by atoms with Crippen molar-refractivity contribution in [2.75, 3.05) is 11.5 Å². The van der Waals surface area contributed by atoms with Crippen LogP contribution in [0.3, 0.4) is 0 Å². The molecule has 0 aromatic heterocycles. The summed E-state index contributed by atoms with van der Waals surface area (Å²) < 4.78 is 25.5. The number of hydrogen-bond acceptors (Lipinski definition) is 3. The molecule has 4 nitrogen and oxygen atoms in total. The van der Waals surface area contributed by atoms with Crippen molar-refractivity contribution in [3.63, 3.8) is 0 Å². The van der Waals surface area contributed by atoms with E-state index in [4.69, 9.17) is 5.73 Å². The van der Waals surface area contributed by atoms with E-state index in [2.05, 4.69) is 5.32 Å². The van der Waals surface area contributed by atoms with Gasteiger partial charge in [0.2, 0.25) is 5.91 Å². The van der Waals surface area contributed by atoms with Gasteiger partial charge >= 0.3 is 0 Å². The van der Waals surface area contributed by atoms with Crippen molar-refractivity contribution in [1.82, 2.24) is 5.32 Å². The van der Waals surface area contributed by atoms with Gasteiger partial charge in [0.25, 0.3) is 0 Å². The summed E-state index contributed by atoms with van der Waals surface area (Å²) in [7, 11) is -1.70. The minimum absolute atomic E-state index is 0.00824. The van der Waals surface area contributed by atoms with Crippen molar-refractivity contribution in [3.05, 3.63) is 24.0 Å². The molecular weight excluding hydrogens is 267 g/mol. The molecule has 0 aliphatic rings. The summed E-state index contributed by atoms with van der Waals surface area (Å²) in [5.41, 5.74) is 5.68. The van der Waals surface area contributed by atoms with E-state index in [9.17, 15) is 13.4 Å². The summed E-state index contributed by atoms with van der Waals surface area (Å²) in [6.45, 7) is 3.93. The Hall–Kier alpha value is -1.43. The van der Waals surface area contributed by atoms with Gasteiger partial charge in [-0.1, -0.05) is 13.8 Å². The van der Waals surface area contributed by atoms with Crippen LogP contribution in [0.2, 0.25) is 0 Å². The monoisotopic (exact) mass is 286 g/mol. The summed E-state index contributed by atoms with van der Waals surface area (Å²) >= 11 is 0. The minimum Gasteiger partial charge on any atom is -0.399 e. The van der Waals surface area contributed by atoms with Crippen LogP contribution < -0.4 is 11.1 Å². The number of nitrogens with one attached hydrogen (secondary N) is 1. The van der Waals surface area contributed by atoms with Gasteiger partial charge in [0.1, 0.15) is 11.6 Å². The third-order valence-corrected chi connectivity index (χ3v) is 4.16. The van der Waals surface area contributed by atoms with E-state index in [-0.39, 0.29) is 28.3 Å². The fourth-order valence-corrected chi connectivity index (χ4v) is 2.63. The Labute approximate surface area is 115 Å². The Balaban J connectivity index is 2.66. The predicted octanol–water partition coefficient (Wildman–Crippen LogP) is 1.82. The molecule has 0 radical (unpaired) electrons. The predicted molar refractivity (Wildman–Crippen MR) is 74.6 cm³/mol. The summed E-state index contributed by atoms with van der Waals surface area (Å²) in [6.07, 6.45) is 1.62. The maximum absolute atomic E-state index is 13.5. The Morgan fingerprint density at radius 3 is 2.58 bits per heavy atom. The van der Waals surface area contributed by atoms with E-state index in [1.807, 2.05) is 13.8 Å². The highest BCUT2D eigenvalue weighted by molar-refractivity contribution is 7.85. The molecule has 1 rings (SSSR count). The summed E-state index contributed by atoms with van der Waals surface area (Å²) in [6, 6.07) is 3.99. The molecule has 0 heterocycles. The second-order valence-electron chi connectivity index (χ2n) is 4.26. The van der Waals surface area contributed by atoms with Crippen LogP contribution in [0.15, 0.2) is 23.1 Å². The van der Waals surface area contributed by atoms with Crippen molar-refractivity contribution in [2.24, 2.45) is 0 Å². The van der Waals surface area contributed by atoms with Crippen LogP contribution in [-0.2, 0) is 15.6 Å². The molecule has 1 unspecified atom stereocenters. The summed E-state index contributed by atoms with van der Waals surface area (Å²) in [4.78, 5) is 11.7. The molecule has 0 fully saturated rings. The SMILES string of the molecule is CCC(CC)NC(=O)CS(=O)c1ccc(N)cc1F. The molecule has 1 aromatic carbocycles. The molecule has 1 amide bonds. The number of carbonyl (C=O) groups is 1. The Kier molecular flexibility index (Phi) is 5.95. The second kappa shape index (κ2) is 7.23. The zero-order valence-electron chi connectivity index (χ0n) is 11.1. The fraction of sp³-hybridized carbons (Fsp3) is 0.462. The second-order valence-corrected chi connectivity index (χ2v) is 5.68. The topological polar surface area (TPSA) is 72.2 Å². The zero-order chi connectivity index (χ0) is 14.4. The number of nitrogens with two attached hydrogens (primary N) is 1. The first-order chi connectivity index (χ1) is 8.97. The lowest BCUT2D eigenvalue weighted by molar-refractivity contribution is -0.119. The van der Waals surface area contributed by atoms with Gasteiger partial charge in [-0.05, 0) is 31.0 Å². The van der Waals surface area contributed by atoms with Crippen LogP contribution in [0.25, 0.3) is 0 Å². The fourth-order valence-electron chi connectivity index (χ4n) is 1.66. The Morgan fingerprint density at radius 2 is 2.05 bits per heavy atom. The molecule has 0 saturated carbocycles. The first kappa shape index (κ1) is 15.6. The first-order valence-corrected chi connectivity index (χ1v) is 7.52. The maximum atomic E-state index is 13.5. The molecule has 0 bridgehead atoms.